The monoisotopic (exact) mass is 371 g/mol. The van der Waals surface area contributed by atoms with E-state index in [1.807, 2.05) is 7.05 Å². The number of ether oxygens (including phenoxy) is 1. The number of halogens is 3. The van der Waals surface area contributed by atoms with Crippen LogP contribution in [0.25, 0.3) is 0 Å². The molecular formula is C17H18Cl2FN2O2+. The van der Waals surface area contributed by atoms with E-state index in [1.165, 1.54) is 19.2 Å². The minimum Gasteiger partial charge on any atom is -0.496 e. The van der Waals surface area contributed by atoms with E-state index in [-0.39, 0.29) is 18.3 Å². The van der Waals surface area contributed by atoms with Crippen molar-refractivity contribution >= 4 is 34.8 Å². The standard InChI is InChI=1S/C17H17Cl2FN2O2/c1-22(9-11-7-12(20)3-6-16(11)24-2)10-17(23)21-13-4-5-14(18)15(19)8-13/h3-8H,9-10H2,1-2H3,(H,21,23)/p+1. The number of hydrogen-bond donors (Lipinski definition) is 2. The van der Waals surface area contributed by atoms with Crippen molar-refractivity contribution in [2.75, 3.05) is 26.0 Å². The lowest BCUT2D eigenvalue weighted by atomic mass is 10.2. The molecule has 1 atom stereocenters. The van der Waals surface area contributed by atoms with E-state index in [4.69, 9.17) is 27.9 Å². The number of anilines is 1. The molecule has 1 amide bonds. The SMILES string of the molecule is COc1ccc(F)cc1C[NH+](C)CC(=O)Nc1ccc(Cl)c(Cl)c1. The van der Waals surface area contributed by atoms with Crippen LogP contribution in [0.2, 0.25) is 10.0 Å². The summed E-state index contributed by atoms with van der Waals surface area (Å²) in [7, 11) is 3.38. The van der Waals surface area contributed by atoms with Crippen molar-refractivity contribution in [3.05, 3.63) is 57.8 Å². The van der Waals surface area contributed by atoms with Crippen LogP contribution in [0, 0.1) is 5.82 Å². The topological polar surface area (TPSA) is 42.8 Å². The molecule has 128 valence electrons. The first-order valence-corrected chi connectivity index (χ1v) is 8.03. The van der Waals surface area contributed by atoms with Gasteiger partial charge in [0, 0.05) is 5.69 Å². The number of benzene rings is 2. The number of methoxy groups -OCH3 is 1. The van der Waals surface area contributed by atoms with Crippen LogP contribution in [0.1, 0.15) is 5.56 Å². The molecule has 2 aromatic carbocycles. The lowest BCUT2D eigenvalue weighted by molar-refractivity contribution is -0.885. The summed E-state index contributed by atoms with van der Waals surface area (Å²) in [5.74, 6) is 0.0840. The number of likely N-dealkylation sites (N-methyl/N-ethyl adjacent to an activating group) is 1. The number of hydrogen-bond acceptors (Lipinski definition) is 2. The van der Waals surface area contributed by atoms with Gasteiger partial charge in [-0.15, -0.1) is 0 Å². The Balaban J connectivity index is 1.96. The van der Waals surface area contributed by atoms with Crippen molar-refractivity contribution in [3.8, 4) is 5.75 Å². The Morgan fingerprint density at radius 2 is 1.96 bits per heavy atom. The minimum atomic E-state index is -0.334. The zero-order valence-corrected chi connectivity index (χ0v) is 14.8. The number of carbonyl (C=O) groups is 1. The highest BCUT2D eigenvalue weighted by molar-refractivity contribution is 6.42. The lowest BCUT2D eigenvalue weighted by Crippen LogP contribution is -3.08. The first-order chi connectivity index (χ1) is 11.4. The largest absolute Gasteiger partial charge is 0.496 e. The Morgan fingerprint density at radius 1 is 1.21 bits per heavy atom. The van der Waals surface area contributed by atoms with Crippen LogP contribution in [-0.4, -0.2) is 26.6 Å². The fourth-order valence-corrected chi connectivity index (χ4v) is 2.62. The van der Waals surface area contributed by atoms with Gasteiger partial charge < -0.3 is 15.0 Å². The second-order valence-electron chi connectivity index (χ2n) is 5.44. The summed E-state index contributed by atoms with van der Waals surface area (Å²) in [5.41, 5.74) is 1.28. The van der Waals surface area contributed by atoms with Gasteiger partial charge in [-0.05, 0) is 36.4 Å². The molecule has 24 heavy (non-hydrogen) atoms. The maximum Gasteiger partial charge on any atom is 0.279 e. The Labute approximate surface area is 150 Å². The van der Waals surface area contributed by atoms with Crippen LogP contribution in [0.15, 0.2) is 36.4 Å². The highest BCUT2D eigenvalue weighted by Crippen LogP contribution is 2.24. The number of amides is 1. The smallest absolute Gasteiger partial charge is 0.279 e. The highest BCUT2D eigenvalue weighted by Gasteiger charge is 2.14. The van der Waals surface area contributed by atoms with Gasteiger partial charge in [-0.1, -0.05) is 23.2 Å². The van der Waals surface area contributed by atoms with E-state index in [1.54, 1.807) is 24.3 Å². The van der Waals surface area contributed by atoms with Gasteiger partial charge in [0.1, 0.15) is 18.1 Å². The van der Waals surface area contributed by atoms with Crippen LogP contribution < -0.4 is 15.0 Å². The zero-order valence-electron chi connectivity index (χ0n) is 13.3. The fraction of sp³-hybridized carbons (Fsp3) is 0.235. The Bertz CT molecular complexity index is 741. The summed E-state index contributed by atoms with van der Waals surface area (Å²) in [6.45, 7) is 0.662. The molecule has 0 aliphatic heterocycles. The molecule has 0 aliphatic carbocycles. The van der Waals surface area contributed by atoms with Gasteiger partial charge in [-0.25, -0.2) is 4.39 Å². The summed E-state index contributed by atoms with van der Waals surface area (Å²) >= 11 is 11.8. The third-order valence-corrected chi connectivity index (χ3v) is 4.14. The van der Waals surface area contributed by atoms with Crippen molar-refractivity contribution in [2.45, 2.75) is 6.54 Å². The van der Waals surface area contributed by atoms with Crippen LogP contribution in [-0.2, 0) is 11.3 Å². The number of quaternary nitrogens is 1. The molecule has 0 bridgehead atoms. The molecule has 2 N–H and O–H groups in total. The molecule has 0 aliphatic rings. The third kappa shape index (κ3) is 5.09. The van der Waals surface area contributed by atoms with Crippen molar-refractivity contribution in [2.24, 2.45) is 0 Å². The van der Waals surface area contributed by atoms with Gasteiger partial charge >= 0.3 is 0 Å². The van der Waals surface area contributed by atoms with Crippen molar-refractivity contribution in [3.63, 3.8) is 0 Å². The van der Waals surface area contributed by atoms with Crippen LogP contribution in [0.3, 0.4) is 0 Å². The molecule has 0 spiro atoms. The van der Waals surface area contributed by atoms with E-state index >= 15 is 0 Å². The van der Waals surface area contributed by atoms with E-state index in [0.717, 1.165) is 4.90 Å². The molecule has 7 heteroatoms. The van der Waals surface area contributed by atoms with Crippen molar-refractivity contribution in [1.29, 1.82) is 0 Å². The molecule has 0 saturated carbocycles. The molecule has 0 aromatic heterocycles. The summed E-state index contributed by atoms with van der Waals surface area (Å²) in [6.07, 6.45) is 0. The Kier molecular flexibility index (Phi) is 6.43. The number of nitrogens with one attached hydrogen (secondary N) is 2. The average molecular weight is 372 g/mol. The minimum absolute atomic E-state index is 0.179. The maximum absolute atomic E-state index is 13.4. The van der Waals surface area contributed by atoms with Gasteiger partial charge in [0.2, 0.25) is 0 Å². The predicted octanol–water partition coefficient (Wildman–Crippen LogP) is 2.79. The number of rotatable bonds is 6. The van der Waals surface area contributed by atoms with Gasteiger partial charge in [0.05, 0.1) is 29.8 Å². The summed E-state index contributed by atoms with van der Waals surface area (Å²) in [5, 5.41) is 3.56. The number of carbonyl (C=O) groups excluding carboxylic acids is 1. The molecule has 0 fully saturated rings. The normalized spacial score (nSPS) is 11.9. The van der Waals surface area contributed by atoms with Gasteiger partial charge in [-0.3, -0.25) is 4.79 Å². The van der Waals surface area contributed by atoms with E-state index in [9.17, 15) is 9.18 Å². The molecule has 1 unspecified atom stereocenters. The highest BCUT2D eigenvalue weighted by atomic mass is 35.5. The molecule has 2 aromatic rings. The molecule has 0 radical (unpaired) electrons. The van der Waals surface area contributed by atoms with Crippen molar-refractivity contribution < 1.29 is 18.8 Å². The predicted molar refractivity (Wildman–Crippen MR) is 93.5 cm³/mol. The van der Waals surface area contributed by atoms with E-state index in [0.29, 0.717) is 33.6 Å². The van der Waals surface area contributed by atoms with Gasteiger partial charge in [0.25, 0.3) is 5.91 Å². The molecule has 0 saturated heterocycles. The first-order valence-electron chi connectivity index (χ1n) is 7.27. The molecule has 0 heterocycles. The lowest BCUT2D eigenvalue weighted by Gasteiger charge is -2.16. The summed E-state index contributed by atoms with van der Waals surface area (Å²) in [6, 6.07) is 9.22. The van der Waals surface area contributed by atoms with Crippen LogP contribution in [0.4, 0.5) is 10.1 Å². The molecular weight excluding hydrogens is 354 g/mol. The summed E-state index contributed by atoms with van der Waals surface area (Å²) < 4.78 is 18.6. The fourth-order valence-electron chi connectivity index (χ4n) is 2.33. The van der Waals surface area contributed by atoms with Crippen LogP contribution >= 0.6 is 23.2 Å². The second-order valence-corrected chi connectivity index (χ2v) is 6.26. The zero-order chi connectivity index (χ0) is 17.7. The van der Waals surface area contributed by atoms with Crippen molar-refractivity contribution in [1.82, 2.24) is 0 Å². The quantitative estimate of drug-likeness (QED) is 0.819. The Hall–Kier alpha value is -1.82. The van der Waals surface area contributed by atoms with Gasteiger partial charge in [-0.2, -0.15) is 0 Å². The average Bonchev–Trinajstić information content (AvgIpc) is 2.51. The van der Waals surface area contributed by atoms with E-state index < -0.39 is 0 Å². The van der Waals surface area contributed by atoms with E-state index in [2.05, 4.69) is 5.32 Å². The first kappa shape index (κ1) is 18.5. The third-order valence-electron chi connectivity index (χ3n) is 3.40. The van der Waals surface area contributed by atoms with Gasteiger partial charge in [0.15, 0.2) is 6.54 Å². The molecule has 4 nitrogen and oxygen atoms in total. The summed E-state index contributed by atoms with van der Waals surface area (Å²) in [4.78, 5) is 13.0. The second kappa shape index (κ2) is 8.33. The van der Waals surface area contributed by atoms with Crippen LogP contribution in [0.5, 0.6) is 5.75 Å². The molecule has 2 rings (SSSR count). The maximum atomic E-state index is 13.4. The Morgan fingerprint density at radius 3 is 2.62 bits per heavy atom.